The predicted octanol–water partition coefficient (Wildman–Crippen LogP) is -0.690. The summed E-state index contributed by atoms with van der Waals surface area (Å²) in [5.41, 5.74) is 0. The Bertz CT molecular complexity index is 309. The molecule has 2 aliphatic heterocycles. The number of carbonyl (C=O) groups is 1. The van der Waals surface area contributed by atoms with E-state index in [1.54, 1.807) is 0 Å². The Hall–Kier alpha value is -0.580. The number of sulfone groups is 1. The van der Waals surface area contributed by atoms with Gasteiger partial charge < -0.3 is 5.32 Å². The monoisotopic (exact) mass is 189 g/mol. The molecule has 2 atom stereocenters. The van der Waals surface area contributed by atoms with Crippen LogP contribution in [0, 0.1) is 5.92 Å². The van der Waals surface area contributed by atoms with Gasteiger partial charge in [-0.3, -0.25) is 4.79 Å². The summed E-state index contributed by atoms with van der Waals surface area (Å²) in [6.07, 6.45) is 1.21. The minimum absolute atomic E-state index is 0.00616. The number of piperidine rings is 1. The molecule has 1 N–H and O–H groups in total. The van der Waals surface area contributed by atoms with Gasteiger partial charge in [-0.2, -0.15) is 0 Å². The molecule has 2 heterocycles. The third kappa shape index (κ3) is 1.33. The fraction of sp³-hybridized carbons (Fsp3) is 0.857. The van der Waals surface area contributed by atoms with Crippen molar-refractivity contribution in [2.24, 2.45) is 5.92 Å². The van der Waals surface area contributed by atoms with Gasteiger partial charge in [0.05, 0.1) is 11.5 Å². The highest BCUT2D eigenvalue weighted by Crippen LogP contribution is 2.26. The molecule has 0 radical (unpaired) electrons. The van der Waals surface area contributed by atoms with Crippen molar-refractivity contribution in [3.05, 3.63) is 0 Å². The number of carbonyl (C=O) groups excluding carboxylic acids is 1. The van der Waals surface area contributed by atoms with Crippen LogP contribution in [0.25, 0.3) is 0 Å². The quantitative estimate of drug-likeness (QED) is 0.548. The third-order valence-corrected chi connectivity index (χ3v) is 4.36. The summed E-state index contributed by atoms with van der Waals surface area (Å²) in [5.74, 6) is 0.572. The normalized spacial score (nSPS) is 38.8. The molecule has 0 unspecified atom stereocenters. The van der Waals surface area contributed by atoms with E-state index in [1.165, 1.54) is 0 Å². The van der Waals surface area contributed by atoms with Gasteiger partial charge in [-0.15, -0.1) is 0 Å². The average molecular weight is 189 g/mol. The molecule has 0 aliphatic carbocycles. The number of hydrogen-bond acceptors (Lipinski definition) is 3. The standard InChI is InChI=1S/C7H11NO3S/c9-7-2-1-5-3-12(10,11)4-6(5)8-7/h5-6H,1-4H2,(H,8,9)/t5-,6+/m0/s1. The molecular formula is C7H11NO3S. The first kappa shape index (κ1) is 8.04. The van der Waals surface area contributed by atoms with Crippen LogP contribution >= 0.6 is 0 Å². The van der Waals surface area contributed by atoms with Gasteiger partial charge in [0, 0.05) is 12.5 Å². The van der Waals surface area contributed by atoms with Crippen LogP contribution in [0.15, 0.2) is 0 Å². The molecule has 0 spiro atoms. The highest BCUT2D eigenvalue weighted by Gasteiger charge is 2.40. The zero-order valence-corrected chi connectivity index (χ0v) is 7.43. The van der Waals surface area contributed by atoms with Crippen molar-refractivity contribution >= 4 is 15.7 Å². The van der Waals surface area contributed by atoms with E-state index in [1.807, 2.05) is 0 Å². The summed E-state index contributed by atoms with van der Waals surface area (Å²) < 4.78 is 22.3. The Kier molecular flexibility index (Phi) is 1.64. The predicted molar refractivity (Wildman–Crippen MR) is 43.3 cm³/mol. The van der Waals surface area contributed by atoms with Crippen molar-refractivity contribution in [3.63, 3.8) is 0 Å². The molecule has 0 aromatic carbocycles. The van der Waals surface area contributed by atoms with Gasteiger partial charge in [-0.1, -0.05) is 0 Å². The Balaban J connectivity index is 2.17. The van der Waals surface area contributed by atoms with E-state index in [4.69, 9.17) is 0 Å². The summed E-state index contributed by atoms with van der Waals surface area (Å²) in [4.78, 5) is 10.9. The highest BCUT2D eigenvalue weighted by molar-refractivity contribution is 7.91. The van der Waals surface area contributed by atoms with Crippen LogP contribution in [0.4, 0.5) is 0 Å². The Morgan fingerprint density at radius 1 is 1.33 bits per heavy atom. The first-order chi connectivity index (χ1) is 5.57. The van der Waals surface area contributed by atoms with Crippen molar-refractivity contribution in [1.82, 2.24) is 5.32 Å². The zero-order valence-electron chi connectivity index (χ0n) is 6.62. The van der Waals surface area contributed by atoms with Crippen molar-refractivity contribution in [2.75, 3.05) is 11.5 Å². The number of amides is 1. The summed E-state index contributed by atoms with van der Waals surface area (Å²) in [7, 11) is -2.87. The number of hydrogen-bond donors (Lipinski definition) is 1. The van der Waals surface area contributed by atoms with E-state index in [0.29, 0.717) is 6.42 Å². The molecule has 2 aliphatic rings. The largest absolute Gasteiger partial charge is 0.352 e. The van der Waals surface area contributed by atoms with Gasteiger partial charge in [0.15, 0.2) is 9.84 Å². The van der Waals surface area contributed by atoms with Crippen molar-refractivity contribution < 1.29 is 13.2 Å². The fourth-order valence-corrected chi connectivity index (χ4v) is 4.05. The van der Waals surface area contributed by atoms with Gasteiger partial charge in [0.2, 0.25) is 5.91 Å². The molecular weight excluding hydrogens is 178 g/mol. The lowest BCUT2D eigenvalue weighted by Crippen LogP contribution is -2.44. The summed E-state index contributed by atoms with van der Waals surface area (Å²) in [6, 6.07) is -0.101. The smallest absolute Gasteiger partial charge is 0.220 e. The summed E-state index contributed by atoms with van der Waals surface area (Å²) >= 11 is 0. The first-order valence-corrected chi connectivity index (χ1v) is 5.89. The number of fused-ring (bicyclic) bond motifs is 1. The van der Waals surface area contributed by atoms with Gasteiger partial charge in [0.1, 0.15) is 0 Å². The van der Waals surface area contributed by atoms with E-state index in [0.717, 1.165) is 6.42 Å². The van der Waals surface area contributed by atoms with E-state index >= 15 is 0 Å². The average Bonchev–Trinajstić information content (AvgIpc) is 2.21. The first-order valence-electron chi connectivity index (χ1n) is 4.07. The molecule has 12 heavy (non-hydrogen) atoms. The van der Waals surface area contributed by atoms with Crippen LogP contribution < -0.4 is 5.32 Å². The Morgan fingerprint density at radius 3 is 2.83 bits per heavy atom. The van der Waals surface area contributed by atoms with Crippen LogP contribution in [0.5, 0.6) is 0 Å². The van der Waals surface area contributed by atoms with Crippen LogP contribution in [-0.4, -0.2) is 31.9 Å². The lowest BCUT2D eigenvalue weighted by atomic mass is 9.94. The van der Waals surface area contributed by atoms with Crippen molar-refractivity contribution in [1.29, 1.82) is 0 Å². The van der Waals surface area contributed by atoms with E-state index in [-0.39, 0.29) is 29.4 Å². The fourth-order valence-electron chi connectivity index (χ4n) is 1.96. The molecule has 0 saturated carbocycles. The van der Waals surface area contributed by atoms with Gasteiger partial charge >= 0.3 is 0 Å². The summed E-state index contributed by atoms with van der Waals surface area (Å²) in [6.45, 7) is 0. The molecule has 0 aromatic rings. The minimum Gasteiger partial charge on any atom is -0.352 e. The zero-order chi connectivity index (χ0) is 8.77. The maximum absolute atomic E-state index is 11.2. The lowest BCUT2D eigenvalue weighted by molar-refractivity contribution is -0.123. The molecule has 2 rings (SSSR count). The molecule has 0 bridgehead atoms. The van der Waals surface area contributed by atoms with Gasteiger partial charge in [-0.05, 0) is 12.3 Å². The second-order valence-corrected chi connectivity index (χ2v) is 5.70. The topological polar surface area (TPSA) is 63.2 Å². The van der Waals surface area contributed by atoms with Crippen molar-refractivity contribution in [3.8, 4) is 0 Å². The van der Waals surface area contributed by atoms with E-state index in [2.05, 4.69) is 5.32 Å². The molecule has 4 nitrogen and oxygen atoms in total. The Morgan fingerprint density at radius 2 is 2.08 bits per heavy atom. The molecule has 2 saturated heterocycles. The highest BCUT2D eigenvalue weighted by atomic mass is 32.2. The molecule has 2 fully saturated rings. The second kappa shape index (κ2) is 2.45. The van der Waals surface area contributed by atoms with E-state index in [9.17, 15) is 13.2 Å². The molecule has 0 aromatic heterocycles. The summed E-state index contributed by atoms with van der Waals surface area (Å²) in [5, 5.41) is 2.72. The Labute approximate surface area is 71.3 Å². The number of nitrogens with one attached hydrogen (secondary N) is 1. The van der Waals surface area contributed by atoms with Crippen LogP contribution in [-0.2, 0) is 14.6 Å². The maximum Gasteiger partial charge on any atom is 0.220 e. The third-order valence-electron chi connectivity index (χ3n) is 2.56. The molecule has 5 heteroatoms. The van der Waals surface area contributed by atoms with Crippen molar-refractivity contribution in [2.45, 2.75) is 18.9 Å². The van der Waals surface area contributed by atoms with E-state index < -0.39 is 9.84 Å². The number of rotatable bonds is 0. The van der Waals surface area contributed by atoms with Crippen LogP contribution in [0.1, 0.15) is 12.8 Å². The van der Waals surface area contributed by atoms with Gasteiger partial charge in [-0.25, -0.2) is 8.42 Å². The van der Waals surface area contributed by atoms with Crippen LogP contribution in [0.3, 0.4) is 0 Å². The van der Waals surface area contributed by atoms with Crippen LogP contribution in [0.2, 0.25) is 0 Å². The SMILES string of the molecule is O=C1CC[C@H]2CS(=O)(=O)C[C@H]2N1. The second-order valence-electron chi connectivity index (χ2n) is 3.55. The molecule has 68 valence electrons. The van der Waals surface area contributed by atoms with Gasteiger partial charge in [0.25, 0.3) is 0 Å². The molecule has 1 amide bonds. The minimum atomic E-state index is -2.87. The maximum atomic E-state index is 11.2. The lowest BCUT2D eigenvalue weighted by Gasteiger charge is -2.24.